The molecule has 1 radical (unpaired) electrons. The van der Waals surface area contributed by atoms with Crippen LogP contribution in [0.4, 0.5) is 0 Å². The summed E-state index contributed by atoms with van der Waals surface area (Å²) < 4.78 is 5.30. The van der Waals surface area contributed by atoms with E-state index >= 15 is 0 Å². The number of aromatic amines is 1. The molecule has 0 atom stereocenters. The molecule has 0 spiro atoms. The number of pyridine rings is 3. The topological polar surface area (TPSA) is 93.5 Å². The third-order valence-electron chi connectivity index (χ3n) is 5.23. The molecular weight excluding hydrogens is 410 g/mol. The van der Waals surface area contributed by atoms with E-state index in [4.69, 9.17) is 0 Å². The Hall–Kier alpha value is -4.17. The van der Waals surface area contributed by atoms with Crippen molar-refractivity contribution in [3.63, 3.8) is 0 Å². The van der Waals surface area contributed by atoms with E-state index < -0.39 is 0 Å². The zero-order valence-electron chi connectivity index (χ0n) is 15.9. The molecule has 2 aromatic carbocycles. The molecule has 6 aromatic rings. The van der Waals surface area contributed by atoms with Crippen LogP contribution in [0.5, 0.6) is 0 Å². The van der Waals surface area contributed by atoms with Crippen LogP contribution in [-0.2, 0) is 0 Å². The van der Waals surface area contributed by atoms with Crippen molar-refractivity contribution < 1.29 is 0 Å². The fraction of sp³-hybridized carbons (Fsp3) is 0. The highest BCUT2D eigenvalue weighted by molar-refractivity contribution is 7.12. The average molecular weight is 422 g/mol. The molecule has 0 aliphatic carbocycles. The SMILES string of the molecule is O=c1[nH]c(-n2[c]c(-c3cnc4snnc4c3)c3ccccc3c2=O)cc2ccccc12. The van der Waals surface area contributed by atoms with Crippen LogP contribution in [-0.4, -0.2) is 24.1 Å². The van der Waals surface area contributed by atoms with Crippen LogP contribution in [0.1, 0.15) is 0 Å². The Balaban J connectivity index is 1.69. The van der Waals surface area contributed by atoms with E-state index in [1.165, 1.54) is 16.1 Å². The molecule has 0 saturated carbocycles. The smallest absolute Gasteiger partial charge is 0.264 e. The number of aromatic nitrogens is 5. The number of H-pyrrole nitrogens is 1. The second-order valence-electron chi connectivity index (χ2n) is 7.07. The molecule has 0 bridgehead atoms. The van der Waals surface area contributed by atoms with Crippen molar-refractivity contribution in [1.82, 2.24) is 24.1 Å². The van der Waals surface area contributed by atoms with Gasteiger partial charge in [0.25, 0.3) is 11.1 Å². The fourth-order valence-electron chi connectivity index (χ4n) is 3.76. The first kappa shape index (κ1) is 17.7. The van der Waals surface area contributed by atoms with Gasteiger partial charge in [-0.05, 0) is 35.0 Å². The summed E-state index contributed by atoms with van der Waals surface area (Å²) in [5.41, 5.74) is 1.59. The monoisotopic (exact) mass is 422 g/mol. The van der Waals surface area contributed by atoms with Crippen molar-refractivity contribution in [2.24, 2.45) is 0 Å². The van der Waals surface area contributed by atoms with Gasteiger partial charge in [-0.3, -0.25) is 14.2 Å². The summed E-state index contributed by atoms with van der Waals surface area (Å²) in [4.78, 5) is 33.9. The predicted octanol–water partition coefficient (Wildman–Crippen LogP) is 3.70. The van der Waals surface area contributed by atoms with Crippen LogP contribution in [0, 0.1) is 6.20 Å². The lowest BCUT2D eigenvalue weighted by Gasteiger charge is -2.12. The summed E-state index contributed by atoms with van der Waals surface area (Å²) in [6.07, 6.45) is 4.91. The maximum absolute atomic E-state index is 13.3. The lowest BCUT2D eigenvalue weighted by Crippen LogP contribution is -2.22. The lowest BCUT2D eigenvalue weighted by molar-refractivity contribution is 0.943. The number of fused-ring (bicyclic) bond motifs is 3. The quantitative estimate of drug-likeness (QED) is 0.459. The van der Waals surface area contributed by atoms with Crippen LogP contribution in [0.25, 0.3) is 48.8 Å². The van der Waals surface area contributed by atoms with Crippen molar-refractivity contribution in [3.05, 3.63) is 93.8 Å². The van der Waals surface area contributed by atoms with Crippen LogP contribution in [0.2, 0.25) is 0 Å². The summed E-state index contributed by atoms with van der Waals surface area (Å²) >= 11 is 1.22. The Morgan fingerprint density at radius 1 is 0.935 bits per heavy atom. The summed E-state index contributed by atoms with van der Waals surface area (Å²) in [7, 11) is 0. The van der Waals surface area contributed by atoms with E-state index in [1.807, 2.05) is 36.4 Å². The first-order valence-electron chi connectivity index (χ1n) is 9.47. The molecule has 0 amide bonds. The van der Waals surface area contributed by atoms with Gasteiger partial charge in [0.05, 0.1) is 6.20 Å². The number of hydrogen-bond acceptors (Lipinski definition) is 6. The normalized spacial score (nSPS) is 11.5. The first-order chi connectivity index (χ1) is 15.2. The molecular formula is C23H12N5O2S. The second kappa shape index (κ2) is 6.68. The van der Waals surface area contributed by atoms with Gasteiger partial charge in [-0.2, -0.15) is 0 Å². The second-order valence-corrected chi connectivity index (χ2v) is 7.80. The Bertz CT molecular complexity index is 1750. The highest BCUT2D eigenvalue weighted by atomic mass is 32.1. The zero-order chi connectivity index (χ0) is 20.9. The third-order valence-corrected chi connectivity index (χ3v) is 5.88. The van der Waals surface area contributed by atoms with Gasteiger partial charge in [-0.1, -0.05) is 40.9 Å². The molecule has 6 rings (SSSR count). The van der Waals surface area contributed by atoms with Crippen molar-refractivity contribution in [2.75, 3.05) is 0 Å². The molecule has 7 nitrogen and oxygen atoms in total. The van der Waals surface area contributed by atoms with E-state index in [0.717, 1.165) is 21.2 Å². The maximum atomic E-state index is 13.3. The van der Waals surface area contributed by atoms with E-state index in [1.54, 1.807) is 30.5 Å². The van der Waals surface area contributed by atoms with Gasteiger partial charge < -0.3 is 4.98 Å². The van der Waals surface area contributed by atoms with Gasteiger partial charge in [-0.25, -0.2) is 4.98 Å². The molecule has 0 fully saturated rings. The van der Waals surface area contributed by atoms with Crippen LogP contribution in [0.15, 0.2) is 76.4 Å². The molecule has 147 valence electrons. The minimum Gasteiger partial charge on any atom is -0.308 e. The maximum Gasteiger partial charge on any atom is 0.264 e. The summed E-state index contributed by atoms with van der Waals surface area (Å²) in [5, 5.41) is 6.67. The third kappa shape index (κ3) is 2.77. The minimum absolute atomic E-state index is 0.264. The van der Waals surface area contributed by atoms with Gasteiger partial charge >= 0.3 is 0 Å². The van der Waals surface area contributed by atoms with Crippen molar-refractivity contribution in [1.29, 1.82) is 0 Å². The molecule has 8 heteroatoms. The molecule has 31 heavy (non-hydrogen) atoms. The Morgan fingerprint density at radius 2 is 1.71 bits per heavy atom. The van der Waals surface area contributed by atoms with Gasteiger partial charge in [0.1, 0.15) is 11.3 Å². The zero-order valence-corrected chi connectivity index (χ0v) is 16.7. The van der Waals surface area contributed by atoms with Crippen molar-refractivity contribution >= 4 is 43.4 Å². The lowest BCUT2D eigenvalue weighted by atomic mass is 10.0. The van der Waals surface area contributed by atoms with Gasteiger partial charge in [0.2, 0.25) is 0 Å². The minimum atomic E-state index is -0.269. The Labute approximate surface area is 178 Å². The number of nitrogens with zero attached hydrogens (tertiary/aromatic N) is 4. The summed E-state index contributed by atoms with van der Waals surface area (Å²) in [5.74, 6) is 0.352. The number of hydrogen-bond donors (Lipinski definition) is 1. The van der Waals surface area contributed by atoms with E-state index in [-0.39, 0.29) is 11.1 Å². The molecule has 0 unspecified atom stereocenters. The first-order valence-corrected chi connectivity index (χ1v) is 10.2. The van der Waals surface area contributed by atoms with E-state index in [2.05, 4.69) is 25.8 Å². The van der Waals surface area contributed by atoms with Gasteiger partial charge in [0.15, 0.2) is 4.83 Å². The van der Waals surface area contributed by atoms with E-state index in [0.29, 0.717) is 27.7 Å². The van der Waals surface area contributed by atoms with Crippen LogP contribution in [0.3, 0.4) is 0 Å². The van der Waals surface area contributed by atoms with Crippen molar-refractivity contribution in [2.45, 2.75) is 0 Å². The Morgan fingerprint density at radius 3 is 2.58 bits per heavy atom. The summed E-state index contributed by atoms with van der Waals surface area (Å²) in [6.45, 7) is 0. The van der Waals surface area contributed by atoms with Crippen molar-refractivity contribution in [3.8, 4) is 16.9 Å². The molecule has 1 N–H and O–H groups in total. The fourth-order valence-corrected chi connectivity index (χ4v) is 4.26. The number of benzene rings is 2. The average Bonchev–Trinajstić information content (AvgIpc) is 3.27. The highest BCUT2D eigenvalue weighted by Gasteiger charge is 2.15. The Kier molecular flexibility index (Phi) is 3.81. The predicted molar refractivity (Wildman–Crippen MR) is 121 cm³/mol. The molecule has 0 saturated heterocycles. The van der Waals surface area contributed by atoms with Gasteiger partial charge in [-0.15, -0.1) is 5.10 Å². The standard InChI is InChI=1S/C23H12N5O2S/c29-21-15-6-2-1-5-13(15)10-20(25-21)28-12-18(16-7-3-4-8-17(16)23(28)30)14-9-19-22(24-11-14)31-27-26-19/h1-11H,(H,25,29). The van der Waals surface area contributed by atoms with Gasteiger partial charge in [0, 0.05) is 39.6 Å². The molecule has 0 aliphatic rings. The molecule has 4 heterocycles. The largest absolute Gasteiger partial charge is 0.308 e. The highest BCUT2D eigenvalue weighted by Crippen LogP contribution is 2.29. The van der Waals surface area contributed by atoms with Crippen LogP contribution < -0.4 is 11.1 Å². The summed E-state index contributed by atoms with van der Waals surface area (Å²) in [6, 6.07) is 18.2. The molecule has 4 aromatic heterocycles. The van der Waals surface area contributed by atoms with Crippen LogP contribution >= 0.6 is 11.5 Å². The molecule has 0 aliphatic heterocycles. The number of rotatable bonds is 2. The van der Waals surface area contributed by atoms with E-state index in [9.17, 15) is 9.59 Å². The number of nitrogens with one attached hydrogen (secondary N) is 1.